The summed E-state index contributed by atoms with van der Waals surface area (Å²) in [5, 5.41) is 3.36. The van der Waals surface area contributed by atoms with Crippen LogP contribution in [0.15, 0.2) is 6.07 Å². The SMILES string of the molecule is Cc1cc(OCCC2CCNC2)nc(C)n1. The largest absolute Gasteiger partial charge is 0.478 e. The predicted molar refractivity (Wildman–Crippen MR) is 62.6 cm³/mol. The molecule has 88 valence electrons. The summed E-state index contributed by atoms with van der Waals surface area (Å²) in [7, 11) is 0. The van der Waals surface area contributed by atoms with Crippen LogP contribution in [-0.4, -0.2) is 29.7 Å². The van der Waals surface area contributed by atoms with Gasteiger partial charge in [-0.1, -0.05) is 0 Å². The first-order chi connectivity index (χ1) is 7.74. The van der Waals surface area contributed by atoms with Crippen LogP contribution < -0.4 is 10.1 Å². The Morgan fingerprint density at radius 1 is 1.44 bits per heavy atom. The number of hydrogen-bond acceptors (Lipinski definition) is 4. The molecule has 1 aromatic rings. The fourth-order valence-corrected chi connectivity index (χ4v) is 2.05. The molecule has 0 spiro atoms. The summed E-state index contributed by atoms with van der Waals surface area (Å²) >= 11 is 0. The molecule has 1 saturated heterocycles. The molecule has 1 aliphatic rings. The molecule has 1 N–H and O–H groups in total. The van der Waals surface area contributed by atoms with Crippen molar-refractivity contribution in [1.82, 2.24) is 15.3 Å². The van der Waals surface area contributed by atoms with Gasteiger partial charge in [0.25, 0.3) is 0 Å². The molecule has 4 nitrogen and oxygen atoms in total. The Labute approximate surface area is 96.4 Å². The van der Waals surface area contributed by atoms with Crippen molar-refractivity contribution in [3.63, 3.8) is 0 Å². The zero-order valence-corrected chi connectivity index (χ0v) is 9.99. The van der Waals surface area contributed by atoms with Gasteiger partial charge in [-0.25, -0.2) is 4.98 Å². The second-order valence-electron chi connectivity index (χ2n) is 4.39. The third-order valence-electron chi connectivity index (χ3n) is 2.88. The van der Waals surface area contributed by atoms with Gasteiger partial charge in [0.15, 0.2) is 0 Å². The van der Waals surface area contributed by atoms with Crippen molar-refractivity contribution in [2.75, 3.05) is 19.7 Å². The molecular weight excluding hydrogens is 202 g/mol. The van der Waals surface area contributed by atoms with Crippen molar-refractivity contribution in [3.05, 3.63) is 17.6 Å². The minimum Gasteiger partial charge on any atom is -0.478 e. The topological polar surface area (TPSA) is 47.0 Å². The lowest BCUT2D eigenvalue weighted by Gasteiger charge is -2.09. The summed E-state index contributed by atoms with van der Waals surface area (Å²) < 4.78 is 5.65. The first-order valence-corrected chi connectivity index (χ1v) is 5.90. The Morgan fingerprint density at radius 3 is 3.00 bits per heavy atom. The number of nitrogens with one attached hydrogen (secondary N) is 1. The zero-order chi connectivity index (χ0) is 11.4. The van der Waals surface area contributed by atoms with Crippen molar-refractivity contribution in [1.29, 1.82) is 0 Å². The second kappa shape index (κ2) is 5.25. The van der Waals surface area contributed by atoms with E-state index in [0.29, 0.717) is 5.88 Å². The second-order valence-corrected chi connectivity index (χ2v) is 4.39. The van der Waals surface area contributed by atoms with Crippen LogP contribution in [0.2, 0.25) is 0 Å². The molecule has 0 aliphatic carbocycles. The normalized spacial score (nSPS) is 20.0. The summed E-state index contributed by atoms with van der Waals surface area (Å²) in [4.78, 5) is 8.47. The average Bonchev–Trinajstić information content (AvgIpc) is 2.69. The molecule has 1 atom stereocenters. The summed E-state index contributed by atoms with van der Waals surface area (Å²) in [6, 6.07) is 1.89. The fraction of sp³-hybridized carbons (Fsp3) is 0.667. The average molecular weight is 221 g/mol. The maximum absolute atomic E-state index is 5.65. The lowest BCUT2D eigenvalue weighted by Crippen LogP contribution is -2.12. The van der Waals surface area contributed by atoms with Gasteiger partial charge in [-0.2, -0.15) is 4.98 Å². The quantitative estimate of drug-likeness (QED) is 0.836. The van der Waals surface area contributed by atoms with Crippen LogP contribution in [0.5, 0.6) is 5.88 Å². The van der Waals surface area contributed by atoms with E-state index < -0.39 is 0 Å². The van der Waals surface area contributed by atoms with E-state index in [4.69, 9.17) is 4.74 Å². The lowest BCUT2D eigenvalue weighted by molar-refractivity contribution is 0.273. The van der Waals surface area contributed by atoms with Crippen LogP contribution in [0.4, 0.5) is 0 Å². The fourth-order valence-electron chi connectivity index (χ4n) is 2.05. The van der Waals surface area contributed by atoms with Crippen molar-refractivity contribution in [2.45, 2.75) is 26.7 Å². The highest BCUT2D eigenvalue weighted by atomic mass is 16.5. The van der Waals surface area contributed by atoms with Gasteiger partial charge in [-0.05, 0) is 45.7 Å². The third kappa shape index (κ3) is 3.17. The molecule has 2 rings (SSSR count). The molecule has 1 aromatic heterocycles. The molecule has 1 fully saturated rings. The van der Waals surface area contributed by atoms with E-state index in [1.165, 1.54) is 6.42 Å². The van der Waals surface area contributed by atoms with E-state index in [0.717, 1.165) is 43.6 Å². The number of aromatic nitrogens is 2. The standard InChI is InChI=1S/C12H19N3O/c1-9-7-12(15-10(2)14-9)16-6-4-11-3-5-13-8-11/h7,11,13H,3-6,8H2,1-2H3. The smallest absolute Gasteiger partial charge is 0.216 e. The Hall–Kier alpha value is -1.16. The van der Waals surface area contributed by atoms with E-state index in [1.807, 2.05) is 19.9 Å². The molecular formula is C12H19N3O. The minimum atomic E-state index is 0.705. The Morgan fingerprint density at radius 2 is 2.31 bits per heavy atom. The van der Waals surface area contributed by atoms with Crippen LogP contribution in [-0.2, 0) is 0 Å². The maximum Gasteiger partial charge on any atom is 0.216 e. The number of hydrogen-bond donors (Lipinski definition) is 1. The van der Waals surface area contributed by atoms with E-state index >= 15 is 0 Å². The van der Waals surface area contributed by atoms with Gasteiger partial charge in [-0.3, -0.25) is 0 Å². The minimum absolute atomic E-state index is 0.705. The molecule has 0 radical (unpaired) electrons. The van der Waals surface area contributed by atoms with Gasteiger partial charge in [0.05, 0.1) is 6.61 Å². The number of nitrogens with zero attached hydrogens (tertiary/aromatic N) is 2. The van der Waals surface area contributed by atoms with Crippen LogP contribution >= 0.6 is 0 Å². The molecule has 0 saturated carbocycles. The van der Waals surface area contributed by atoms with Crippen molar-refractivity contribution >= 4 is 0 Å². The number of ether oxygens (including phenoxy) is 1. The number of aryl methyl sites for hydroxylation is 2. The van der Waals surface area contributed by atoms with Gasteiger partial charge in [0.1, 0.15) is 5.82 Å². The van der Waals surface area contributed by atoms with E-state index in [-0.39, 0.29) is 0 Å². The Kier molecular flexibility index (Phi) is 3.72. The molecule has 1 unspecified atom stereocenters. The van der Waals surface area contributed by atoms with Gasteiger partial charge in [0, 0.05) is 11.8 Å². The Bertz CT molecular complexity index is 328. The monoisotopic (exact) mass is 221 g/mol. The highest BCUT2D eigenvalue weighted by molar-refractivity contribution is 5.14. The zero-order valence-electron chi connectivity index (χ0n) is 9.99. The van der Waals surface area contributed by atoms with Crippen molar-refractivity contribution in [3.8, 4) is 5.88 Å². The molecule has 0 amide bonds. The summed E-state index contributed by atoms with van der Waals surface area (Å²) in [6.45, 7) is 6.88. The molecule has 0 bridgehead atoms. The van der Waals surface area contributed by atoms with Gasteiger partial charge < -0.3 is 10.1 Å². The van der Waals surface area contributed by atoms with Crippen LogP contribution in [0.25, 0.3) is 0 Å². The molecule has 16 heavy (non-hydrogen) atoms. The van der Waals surface area contributed by atoms with Gasteiger partial charge >= 0.3 is 0 Å². The van der Waals surface area contributed by atoms with E-state index in [1.54, 1.807) is 0 Å². The van der Waals surface area contributed by atoms with Crippen LogP contribution in [0.1, 0.15) is 24.4 Å². The summed E-state index contributed by atoms with van der Waals surface area (Å²) in [5.41, 5.74) is 0.963. The van der Waals surface area contributed by atoms with E-state index in [2.05, 4.69) is 15.3 Å². The first kappa shape index (κ1) is 11.3. The highest BCUT2D eigenvalue weighted by Crippen LogP contribution is 2.14. The van der Waals surface area contributed by atoms with Gasteiger partial charge in [0.2, 0.25) is 5.88 Å². The molecule has 1 aliphatic heterocycles. The summed E-state index contributed by atoms with van der Waals surface area (Å²) in [6.07, 6.45) is 2.38. The third-order valence-corrected chi connectivity index (χ3v) is 2.88. The maximum atomic E-state index is 5.65. The highest BCUT2D eigenvalue weighted by Gasteiger charge is 2.14. The molecule has 0 aromatic carbocycles. The van der Waals surface area contributed by atoms with Crippen molar-refractivity contribution in [2.24, 2.45) is 5.92 Å². The van der Waals surface area contributed by atoms with Crippen molar-refractivity contribution < 1.29 is 4.74 Å². The van der Waals surface area contributed by atoms with E-state index in [9.17, 15) is 0 Å². The lowest BCUT2D eigenvalue weighted by atomic mass is 10.1. The predicted octanol–water partition coefficient (Wildman–Crippen LogP) is 1.47. The van der Waals surface area contributed by atoms with Crippen LogP contribution in [0, 0.1) is 19.8 Å². The molecule has 4 heteroatoms. The summed E-state index contributed by atoms with van der Waals surface area (Å²) in [5.74, 6) is 2.25. The Balaban J connectivity index is 1.80. The van der Waals surface area contributed by atoms with Gasteiger partial charge in [-0.15, -0.1) is 0 Å². The van der Waals surface area contributed by atoms with Crippen LogP contribution in [0.3, 0.4) is 0 Å². The first-order valence-electron chi connectivity index (χ1n) is 5.90. The molecule has 2 heterocycles. The number of rotatable bonds is 4.